The van der Waals surface area contributed by atoms with Crippen LogP contribution in [0.4, 0.5) is 19.2 Å². The number of carboxylic acid groups (broad SMARTS) is 1. The zero-order valence-electron chi connectivity index (χ0n) is 23.2. The van der Waals surface area contributed by atoms with Crippen LogP contribution in [0.15, 0.2) is 36.5 Å². The van der Waals surface area contributed by atoms with E-state index >= 15 is 0 Å². The minimum atomic E-state index is -1.25. The third-order valence-electron chi connectivity index (χ3n) is 6.46. The van der Waals surface area contributed by atoms with Crippen molar-refractivity contribution in [2.24, 2.45) is 0 Å². The van der Waals surface area contributed by atoms with Gasteiger partial charge >= 0.3 is 24.2 Å². The van der Waals surface area contributed by atoms with Gasteiger partial charge in [0, 0.05) is 31.4 Å². The molecule has 14 nitrogen and oxygen atoms in total. The van der Waals surface area contributed by atoms with Gasteiger partial charge in [0.2, 0.25) is 0 Å². The first-order valence-corrected chi connectivity index (χ1v) is 13.0. The zero-order chi connectivity index (χ0) is 29.2. The van der Waals surface area contributed by atoms with Crippen LogP contribution in [0.2, 0.25) is 0 Å². The van der Waals surface area contributed by atoms with Gasteiger partial charge in [-0.25, -0.2) is 19.2 Å². The van der Waals surface area contributed by atoms with Crippen LogP contribution in [-0.4, -0.2) is 85.8 Å². The van der Waals surface area contributed by atoms with Crippen molar-refractivity contribution in [2.45, 2.75) is 64.6 Å². The zero-order valence-corrected chi connectivity index (χ0v) is 23.2. The first-order chi connectivity index (χ1) is 18.9. The Balaban J connectivity index is 1.46. The Kier molecular flexibility index (Phi) is 8.18. The number of hydroxylamine groups is 2. The molecule has 40 heavy (non-hydrogen) atoms. The number of amides is 5. The standard InChI is InChI=1S/C26H35N7O7/c1-16(28-23(35)40-26(2,3)4)11-12-27-22(34)32-13-18-19-14-31(21(20(18)29-32)30(5)25(37)38)24(36)33(19)39-15-17-9-7-6-8-10-17/h6-10,13,16,19,21H,11-12,14-15H2,1-5H3,(H,27,34)(H,28,35)(H,37,38). The number of hydrogen-bond acceptors (Lipinski definition) is 7. The number of rotatable bonds is 8. The minimum absolute atomic E-state index is 0.135. The summed E-state index contributed by atoms with van der Waals surface area (Å²) in [5.74, 6) is 0. The topological polar surface area (TPSA) is 159 Å². The molecule has 2 aliphatic rings. The van der Waals surface area contributed by atoms with E-state index in [1.807, 2.05) is 30.3 Å². The molecule has 2 aliphatic heterocycles. The molecule has 0 radical (unpaired) electrons. The molecule has 0 saturated carbocycles. The molecule has 1 saturated heterocycles. The number of ether oxygens (including phenoxy) is 1. The maximum Gasteiger partial charge on any atom is 0.409 e. The molecule has 3 atom stereocenters. The number of hydrogen-bond donors (Lipinski definition) is 3. The van der Waals surface area contributed by atoms with Gasteiger partial charge in [0.05, 0.1) is 6.54 Å². The molecular formula is C26H35N7O7. The van der Waals surface area contributed by atoms with E-state index in [0.29, 0.717) is 12.0 Å². The Morgan fingerprint density at radius 3 is 2.58 bits per heavy atom. The van der Waals surface area contributed by atoms with Gasteiger partial charge in [-0.05, 0) is 39.7 Å². The van der Waals surface area contributed by atoms with Crippen LogP contribution in [0.25, 0.3) is 0 Å². The summed E-state index contributed by atoms with van der Waals surface area (Å²) >= 11 is 0. The lowest BCUT2D eigenvalue weighted by atomic mass is 10.0. The Morgan fingerprint density at radius 2 is 1.93 bits per heavy atom. The molecule has 4 rings (SSSR count). The summed E-state index contributed by atoms with van der Waals surface area (Å²) in [6.07, 6.45) is -0.902. The highest BCUT2D eigenvalue weighted by Gasteiger charge is 2.52. The van der Waals surface area contributed by atoms with Crippen molar-refractivity contribution in [2.75, 3.05) is 20.1 Å². The van der Waals surface area contributed by atoms with E-state index in [1.165, 1.54) is 23.2 Å². The number of carbonyl (C=O) groups is 4. The number of carbonyl (C=O) groups excluding carboxylic acids is 3. The molecule has 1 fully saturated rings. The van der Waals surface area contributed by atoms with Crippen LogP contribution >= 0.6 is 0 Å². The van der Waals surface area contributed by atoms with Crippen molar-refractivity contribution < 1.29 is 33.9 Å². The summed E-state index contributed by atoms with van der Waals surface area (Å²) in [5.41, 5.74) is 1.03. The summed E-state index contributed by atoms with van der Waals surface area (Å²) in [6, 6.07) is 7.46. The molecule has 0 aliphatic carbocycles. The van der Waals surface area contributed by atoms with Gasteiger partial charge in [-0.2, -0.15) is 14.8 Å². The predicted octanol–water partition coefficient (Wildman–Crippen LogP) is 3.28. The third kappa shape index (κ3) is 6.28. The summed E-state index contributed by atoms with van der Waals surface area (Å²) in [6.45, 7) is 7.65. The normalized spacial score (nSPS) is 18.7. The van der Waals surface area contributed by atoms with Crippen LogP contribution in [0.1, 0.15) is 63.1 Å². The van der Waals surface area contributed by atoms with Gasteiger partial charge in [0.15, 0.2) is 6.17 Å². The molecule has 1 aromatic carbocycles. The summed E-state index contributed by atoms with van der Waals surface area (Å²) in [5, 5.41) is 20.8. The van der Waals surface area contributed by atoms with E-state index in [4.69, 9.17) is 9.57 Å². The van der Waals surface area contributed by atoms with E-state index in [0.717, 1.165) is 15.1 Å². The molecule has 0 spiro atoms. The molecule has 14 heteroatoms. The Labute approximate surface area is 231 Å². The fourth-order valence-electron chi connectivity index (χ4n) is 4.56. The summed E-state index contributed by atoms with van der Waals surface area (Å²) in [4.78, 5) is 58.2. The van der Waals surface area contributed by atoms with Crippen molar-refractivity contribution in [1.82, 2.24) is 35.3 Å². The average molecular weight is 558 g/mol. The van der Waals surface area contributed by atoms with Gasteiger partial charge in [0.1, 0.15) is 23.9 Å². The van der Waals surface area contributed by atoms with Crippen LogP contribution in [0, 0.1) is 0 Å². The van der Waals surface area contributed by atoms with Crippen LogP contribution in [0.5, 0.6) is 0 Å². The number of urea groups is 1. The van der Waals surface area contributed by atoms with Crippen LogP contribution in [-0.2, 0) is 16.2 Å². The highest BCUT2D eigenvalue weighted by atomic mass is 16.7. The van der Waals surface area contributed by atoms with Crippen molar-refractivity contribution in [1.29, 1.82) is 0 Å². The lowest BCUT2D eigenvalue weighted by molar-refractivity contribution is -0.141. The summed E-state index contributed by atoms with van der Waals surface area (Å²) in [7, 11) is 1.34. The average Bonchev–Trinajstić information content (AvgIpc) is 3.43. The molecule has 2 aromatic rings. The number of nitrogens with zero attached hydrogens (tertiary/aromatic N) is 5. The first-order valence-electron chi connectivity index (χ1n) is 13.0. The van der Waals surface area contributed by atoms with Crippen LogP contribution in [0.3, 0.4) is 0 Å². The second-order valence-corrected chi connectivity index (χ2v) is 10.8. The Hall–Kier alpha value is -4.33. The Bertz CT molecular complexity index is 1260. The molecular weight excluding hydrogens is 522 g/mol. The lowest BCUT2D eigenvalue weighted by Gasteiger charge is -2.34. The lowest BCUT2D eigenvalue weighted by Crippen LogP contribution is -2.45. The minimum Gasteiger partial charge on any atom is -0.465 e. The van der Waals surface area contributed by atoms with Gasteiger partial charge in [-0.1, -0.05) is 30.3 Å². The second kappa shape index (κ2) is 11.4. The first kappa shape index (κ1) is 28.7. The molecule has 216 valence electrons. The SMILES string of the molecule is CC(CCNC(=O)n1cc2c(n1)C(N(C)C(=O)O)N1CC2N(OCc2ccccc2)C1=O)NC(=O)OC(C)(C)C. The number of nitrogens with one attached hydrogen (secondary N) is 2. The number of benzene rings is 1. The fourth-order valence-corrected chi connectivity index (χ4v) is 4.56. The number of alkyl carbamates (subject to hydrolysis) is 1. The van der Waals surface area contributed by atoms with E-state index in [9.17, 15) is 24.3 Å². The second-order valence-electron chi connectivity index (χ2n) is 10.8. The van der Waals surface area contributed by atoms with E-state index in [-0.39, 0.29) is 31.4 Å². The summed E-state index contributed by atoms with van der Waals surface area (Å²) < 4.78 is 6.34. The van der Waals surface area contributed by atoms with Gasteiger partial charge in [0.25, 0.3) is 0 Å². The highest BCUT2D eigenvalue weighted by molar-refractivity contribution is 5.80. The largest absolute Gasteiger partial charge is 0.465 e. The maximum atomic E-state index is 13.2. The smallest absolute Gasteiger partial charge is 0.409 e. The van der Waals surface area contributed by atoms with Gasteiger partial charge < -0.3 is 20.5 Å². The maximum absolute atomic E-state index is 13.2. The number of fused-ring (bicyclic) bond motifs is 4. The highest BCUT2D eigenvalue weighted by Crippen LogP contribution is 2.44. The third-order valence-corrected chi connectivity index (χ3v) is 6.46. The monoisotopic (exact) mass is 557 g/mol. The molecule has 3 heterocycles. The van der Waals surface area contributed by atoms with Crippen molar-refractivity contribution in [3.05, 3.63) is 53.3 Å². The fraction of sp³-hybridized carbons (Fsp3) is 0.500. The van der Waals surface area contributed by atoms with E-state index in [1.54, 1.807) is 27.7 Å². The van der Waals surface area contributed by atoms with E-state index < -0.39 is 42.1 Å². The molecule has 3 N–H and O–H groups in total. The van der Waals surface area contributed by atoms with Gasteiger partial charge in [-0.3, -0.25) is 14.6 Å². The molecule has 1 aromatic heterocycles. The van der Waals surface area contributed by atoms with Gasteiger partial charge in [-0.15, -0.1) is 0 Å². The predicted molar refractivity (Wildman–Crippen MR) is 141 cm³/mol. The number of aromatic nitrogens is 2. The molecule has 5 amide bonds. The van der Waals surface area contributed by atoms with E-state index in [2.05, 4.69) is 15.7 Å². The molecule has 3 unspecified atom stereocenters. The van der Waals surface area contributed by atoms with Crippen molar-refractivity contribution in [3.63, 3.8) is 0 Å². The van der Waals surface area contributed by atoms with Crippen molar-refractivity contribution in [3.8, 4) is 0 Å². The van der Waals surface area contributed by atoms with Crippen LogP contribution < -0.4 is 10.6 Å². The molecule has 2 bridgehead atoms. The quantitative estimate of drug-likeness (QED) is 0.446. The Morgan fingerprint density at radius 1 is 1.23 bits per heavy atom. The van der Waals surface area contributed by atoms with Crippen molar-refractivity contribution >= 4 is 24.2 Å².